The number of nitrogens with zero attached hydrogens (tertiary/aromatic N) is 3. The van der Waals surface area contributed by atoms with Crippen LogP contribution in [0, 0.1) is 0 Å². The highest BCUT2D eigenvalue weighted by Crippen LogP contribution is 2.44. The summed E-state index contributed by atoms with van der Waals surface area (Å²) in [5, 5.41) is 1.37. The molecule has 0 aliphatic carbocycles. The Morgan fingerprint density at radius 2 is 2.09 bits per heavy atom. The van der Waals surface area contributed by atoms with Crippen molar-refractivity contribution in [1.29, 1.82) is 0 Å². The molecule has 0 unspecified atom stereocenters. The Hall–Kier alpha value is -1.78. The van der Waals surface area contributed by atoms with Crippen molar-refractivity contribution in [2.45, 2.75) is 18.5 Å². The lowest BCUT2D eigenvalue weighted by Gasteiger charge is -2.49. The Morgan fingerprint density at radius 3 is 2.95 bits per heavy atom. The summed E-state index contributed by atoms with van der Waals surface area (Å²) in [4.78, 5) is 5.16. The zero-order chi connectivity index (χ0) is 14.8. The van der Waals surface area contributed by atoms with Crippen LogP contribution in [-0.2, 0) is 6.42 Å². The molecule has 1 aromatic carbocycles. The monoisotopic (exact) mass is 295 g/mol. The van der Waals surface area contributed by atoms with Crippen molar-refractivity contribution in [3.05, 3.63) is 35.5 Å². The minimum absolute atomic E-state index is 0.505. The first-order valence-electron chi connectivity index (χ1n) is 8.11. The van der Waals surface area contributed by atoms with Gasteiger partial charge in [0.05, 0.1) is 24.7 Å². The van der Waals surface area contributed by atoms with Crippen LogP contribution in [0.4, 0.5) is 0 Å². The molecule has 0 spiro atoms. The van der Waals surface area contributed by atoms with Gasteiger partial charge in [-0.25, -0.2) is 0 Å². The molecule has 3 aliphatic heterocycles. The van der Waals surface area contributed by atoms with Crippen molar-refractivity contribution < 1.29 is 4.74 Å². The van der Waals surface area contributed by atoms with Crippen molar-refractivity contribution in [1.82, 2.24) is 14.4 Å². The summed E-state index contributed by atoms with van der Waals surface area (Å²) in [7, 11) is 4.00. The van der Waals surface area contributed by atoms with E-state index in [1.807, 2.05) is 0 Å². The van der Waals surface area contributed by atoms with E-state index in [4.69, 9.17) is 4.74 Å². The standard InChI is InChI=1S/C18H21N3O/c1-19-9-10-20-7-5-13-14-11-12(22-2)3-4-15(14)21-8-6-16(19)18(20)17(13)21/h3-4,6,8,11,16,18H,5,7,9-10H2,1-2H3/t16-,18-/m1/s1. The lowest BCUT2D eigenvalue weighted by atomic mass is 9.88. The molecule has 1 saturated heterocycles. The van der Waals surface area contributed by atoms with Gasteiger partial charge >= 0.3 is 0 Å². The smallest absolute Gasteiger partial charge is 0.119 e. The molecule has 4 nitrogen and oxygen atoms in total. The Morgan fingerprint density at radius 1 is 1.18 bits per heavy atom. The molecule has 0 amide bonds. The van der Waals surface area contributed by atoms with Crippen molar-refractivity contribution in [3.63, 3.8) is 0 Å². The molecule has 0 bridgehead atoms. The third-order valence-electron chi connectivity index (χ3n) is 5.68. The first kappa shape index (κ1) is 12.7. The maximum absolute atomic E-state index is 5.44. The van der Waals surface area contributed by atoms with E-state index in [1.54, 1.807) is 7.11 Å². The van der Waals surface area contributed by atoms with Gasteiger partial charge < -0.3 is 9.30 Å². The molecule has 2 aromatic rings. The first-order chi connectivity index (χ1) is 10.8. The van der Waals surface area contributed by atoms with Crippen molar-refractivity contribution in [2.75, 3.05) is 33.8 Å². The van der Waals surface area contributed by atoms with Crippen molar-refractivity contribution in [2.24, 2.45) is 0 Å². The zero-order valence-electron chi connectivity index (χ0n) is 13.1. The highest BCUT2D eigenvalue weighted by atomic mass is 16.5. The van der Waals surface area contributed by atoms with Crippen LogP contribution < -0.4 is 4.74 Å². The number of aromatic nitrogens is 1. The fourth-order valence-corrected chi connectivity index (χ4v) is 4.55. The number of methoxy groups -OCH3 is 1. The Balaban J connectivity index is 1.80. The molecule has 22 heavy (non-hydrogen) atoms. The van der Waals surface area contributed by atoms with Crippen LogP contribution in [0.3, 0.4) is 0 Å². The molecule has 1 fully saturated rings. The number of piperazine rings is 1. The van der Waals surface area contributed by atoms with Gasteiger partial charge in [0.25, 0.3) is 0 Å². The number of benzene rings is 1. The van der Waals surface area contributed by atoms with E-state index in [9.17, 15) is 0 Å². The number of ether oxygens (including phenoxy) is 1. The molecule has 5 rings (SSSR count). The van der Waals surface area contributed by atoms with Gasteiger partial charge in [-0.3, -0.25) is 9.80 Å². The molecule has 0 radical (unpaired) electrons. The largest absolute Gasteiger partial charge is 0.497 e. The summed E-state index contributed by atoms with van der Waals surface area (Å²) in [6, 6.07) is 7.49. The zero-order valence-corrected chi connectivity index (χ0v) is 13.1. The van der Waals surface area contributed by atoms with Crippen LogP contribution in [0.5, 0.6) is 5.75 Å². The summed E-state index contributed by atoms with van der Waals surface area (Å²) in [6.45, 7) is 3.51. The van der Waals surface area contributed by atoms with Crippen LogP contribution in [-0.4, -0.2) is 54.2 Å². The number of fused-ring (bicyclic) bond motifs is 3. The molecule has 3 aliphatic rings. The molecule has 4 heterocycles. The molecule has 0 N–H and O–H groups in total. The van der Waals surface area contributed by atoms with Gasteiger partial charge in [-0.1, -0.05) is 0 Å². The van der Waals surface area contributed by atoms with Crippen LogP contribution in [0.1, 0.15) is 17.3 Å². The van der Waals surface area contributed by atoms with E-state index in [1.165, 1.54) is 35.2 Å². The second-order valence-corrected chi connectivity index (χ2v) is 6.66. The number of hydrogen-bond acceptors (Lipinski definition) is 3. The Bertz CT molecular complexity index is 791. The predicted molar refractivity (Wildman–Crippen MR) is 88.3 cm³/mol. The van der Waals surface area contributed by atoms with Gasteiger partial charge in [-0.15, -0.1) is 0 Å². The molecular formula is C18H21N3O. The maximum atomic E-state index is 5.44. The Labute approximate surface area is 130 Å². The van der Waals surface area contributed by atoms with Gasteiger partial charge in [0, 0.05) is 36.9 Å². The fraction of sp³-hybridized carbons (Fsp3) is 0.444. The average Bonchev–Trinajstić information content (AvgIpc) is 2.89. The summed E-state index contributed by atoms with van der Waals surface area (Å²) < 4.78 is 7.86. The first-order valence-corrected chi connectivity index (χ1v) is 8.11. The molecule has 4 heteroatoms. The predicted octanol–water partition coefficient (Wildman–Crippen LogP) is 2.35. The van der Waals surface area contributed by atoms with Crippen LogP contribution in [0.15, 0.2) is 24.3 Å². The second-order valence-electron chi connectivity index (χ2n) is 6.66. The summed E-state index contributed by atoms with van der Waals surface area (Å²) in [5.41, 5.74) is 4.35. The highest BCUT2D eigenvalue weighted by molar-refractivity contribution is 5.89. The van der Waals surface area contributed by atoms with E-state index in [0.29, 0.717) is 12.1 Å². The Kier molecular flexibility index (Phi) is 2.53. The topological polar surface area (TPSA) is 20.6 Å². The highest BCUT2D eigenvalue weighted by Gasteiger charge is 2.42. The fourth-order valence-electron chi connectivity index (χ4n) is 4.55. The van der Waals surface area contributed by atoms with E-state index in [2.05, 4.69) is 51.9 Å². The summed E-state index contributed by atoms with van der Waals surface area (Å²) >= 11 is 0. The lowest BCUT2D eigenvalue weighted by molar-refractivity contribution is 0.0441. The number of hydrogen-bond donors (Lipinski definition) is 0. The second kappa shape index (κ2) is 4.37. The van der Waals surface area contributed by atoms with E-state index in [-0.39, 0.29) is 0 Å². The molecule has 114 valence electrons. The van der Waals surface area contributed by atoms with E-state index in [0.717, 1.165) is 18.7 Å². The van der Waals surface area contributed by atoms with E-state index >= 15 is 0 Å². The third kappa shape index (κ3) is 1.49. The third-order valence-corrected chi connectivity index (χ3v) is 5.68. The molecule has 0 saturated carbocycles. The van der Waals surface area contributed by atoms with Gasteiger partial charge in [-0.2, -0.15) is 0 Å². The minimum atomic E-state index is 0.505. The van der Waals surface area contributed by atoms with Crippen LogP contribution in [0.25, 0.3) is 17.1 Å². The molecular weight excluding hydrogens is 274 g/mol. The molecule has 2 atom stereocenters. The summed E-state index contributed by atoms with van der Waals surface area (Å²) in [6.07, 6.45) is 5.80. The molecule has 1 aromatic heterocycles. The normalized spacial score (nSPS) is 27.2. The van der Waals surface area contributed by atoms with Crippen LogP contribution >= 0.6 is 0 Å². The van der Waals surface area contributed by atoms with Gasteiger partial charge in [0.1, 0.15) is 5.75 Å². The van der Waals surface area contributed by atoms with Crippen molar-refractivity contribution in [3.8, 4) is 5.75 Å². The minimum Gasteiger partial charge on any atom is -0.497 e. The van der Waals surface area contributed by atoms with Gasteiger partial charge in [0.15, 0.2) is 0 Å². The maximum Gasteiger partial charge on any atom is 0.119 e. The van der Waals surface area contributed by atoms with Gasteiger partial charge in [0.2, 0.25) is 0 Å². The quantitative estimate of drug-likeness (QED) is 0.805. The van der Waals surface area contributed by atoms with Gasteiger partial charge in [-0.05, 0) is 43.3 Å². The average molecular weight is 295 g/mol. The van der Waals surface area contributed by atoms with Crippen molar-refractivity contribution >= 4 is 17.1 Å². The number of likely N-dealkylation sites (N-methyl/N-ethyl adjacent to an activating group) is 1. The lowest BCUT2D eigenvalue weighted by Crippen LogP contribution is -2.55. The number of rotatable bonds is 1. The SMILES string of the molecule is COc1ccc2c(c1)c1c3n2C=C[C@@H]2[C@H]3N(CC1)CCN2C. The summed E-state index contributed by atoms with van der Waals surface area (Å²) in [5.74, 6) is 0.954. The van der Waals surface area contributed by atoms with E-state index < -0.39 is 0 Å². The van der Waals surface area contributed by atoms with Crippen LogP contribution in [0.2, 0.25) is 0 Å².